The van der Waals surface area contributed by atoms with Crippen LogP contribution in [0.15, 0.2) is 53.3 Å². The Hall–Kier alpha value is -3.22. The van der Waals surface area contributed by atoms with Gasteiger partial charge in [-0.25, -0.2) is 9.97 Å². The molecular formula is C16H14N4O3. The number of benzene rings is 1. The molecule has 3 aromatic rings. The van der Waals surface area contributed by atoms with Gasteiger partial charge in [-0.2, -0.15) is 0 Å². The molecule has 116 valence electrons. The number of aromatic nitrogens is 3. The zero-order chi connectivity index (χ0) is 16.1. The summed E-state index contributed by atoms with van der Waals surface area (Å²) in [6.07, 6.45) is 3.19. The Kier molecular flexibility index (Phi) is 4.28. The minimum atomic E-state index is -0.259. The topological polar surface area (TPSA) is 90.1 Å². The Labute approximate surface area is 132 Å². The molecule has 0 spiro atoms. The van der Waals surface area contributed by atoms with Gasteiger partial charge in [0.2, 0.25) is 11.9 Å². The van der Waals surface area contributed by atoms with Crippen LogP contribution >= 0.6 is 0 Å². The first-order valence-corrected chi connectivity index (χ1v) is 6.91. The summed E-state index contributed by atoms with van der Waals surface area (Å²) in [5.41, 5.74) is 1.39. The molecule has 1 amide bonds. The lowest BCUT2D eigenvalue weighted by atomic mass is 10.1. The van der Waals surface area contributed by atoms with E-state index >= 15 is 0 Å². The van der Waals surface area contributed by atoms with E-state index in [9.17, 15) is 4.79 Å². The maximum atomic E-state index is 11.9. The number of carbonyl (C=O) groups is 1. The predicted molar refractivity (Wildman–Crippen MR) is 82.9 cm³/mol. The van der Waals surface area contributed by atoms with E-state index in [2.05, 4.69) is 20.4 Å². The molecule has 2 aromatic heterocycles. The van der Waals surface area contributed by atoms with Crippen LogP contribution in [-0.4, -0.2) is 28.1 Å². The van der Waals surface area contributed by atoms with Gasteiger partial charge in [0.25, 0.3) is 0 Å². The zero-order valence-electron chi connectivity index (χ0n) is 12.4. The highest BCUT2D eigenvalue weighted by Gasteiger charge is 2.11. The molecule has 7 nitrogen and oxygen atoms in total. The number of rotatable bonds is 5. The quantitative estimate of drug-likeness (QED) is 0.778. The number of methoxy groups -OCH3 is 1. The highest BCUT2D eigenvalue weighted by molar-refractivity contribution is 5.90. The average Bonchev–Trinajstić information content (AvgIpc) is 3.04. The second kappa shape index (κ2) is 6.69. The predicted octanol–water partition coefficient (Wildman–Crippen LogP) is 2.32. The number of anilines is 1. The first-order valence-electron chi connectivity index (χ1n) is 6.91. The van der Waals surface area contributed by atoms with Crippen molar-refractivity contribution in [1.29, 1.82) is 0 Å². The smallest absolute Gasteiger partial charge is 0.232 e. The summed E-state index contributed by atoms with van der Waals surface area (Å²) in [5.74, 6) is 1.35. The molecule has 0 radical (unpaired) electrons. The van der Waals surface area contributed by atoms with Crippen molar-refractivity contribution < 1.29 is 14.1 Å². The van der Waals surface area contributed by atoms with Gasteiger partial charge < -0.3 is 9.26 Å². The molecule has 0 saturated carbocycles. The zero-order valence-corrected chi connectivity index (χ0v) is 12.4. The van der Waals surface area contributed by atoms with Crippen LogP contribution in [0.25, 0.3) is 11.3 Å². The van der Waals surface area contributed by atoms with Crippen LogP contribution in [0.2, 0.25) is 0 Å². The minimum absolute atomic E-state index is 0.0813. The number of ether oxygens (including phenoxy) is 1. The van der Waals surface area contributed by atoms with Gasteiger partial charge in [-0.15, -0.1) is 0 Å². The molecule has 0 atom stereocenters. The fraction of sp³-hybridized carbons (Fsp3) is 0.125. The van der Waals surface area contributed by atoms with Crippen molar-refractivity contribution in [3.8, 4) is 17.1 Å². The van der Waals surface area contributed by atoms with E-state index in [-0.39, 0.29) is 18.3 Å². The van der Waals surface area contributed by atoms with E-state index in [4.69, 9.17) is 9.26 Å². The maximum absolute atomic E-state index is 11.9. The van der Waals surface area contributed by atoms with Crippen LogP contribution < -0.4 is 10.1 Å². The summed E-state index contributed by atoms with van der Waals surface area (Å²) in [6.45, 7) is 0. The highest BCUT2D eigenvalue weighted by atomic mass is 16.5. The van der Waals surface area contributed by atoms with Crippen molar-refractivity contribution in [1.82, 2.24) is 15.1 Å². The third-order valence-electron chi connectivity index (χ3n) is 3.09. The summed E-state index contributed by atoms with van der Waals surface area (Å²) < 4.78 is 10.4. The van der Waals surface area contributed by atoms with Crippen molar-refractivity contribution >= 4 is 11.9 Å². The van der Waals surface area contributed by atoms with Gasteiger partial charge in [-0.3, -0.25) is 10.1 Å². The van der Waals surface area contributed by atoms with Crippen molar-refractivity contribution in [2.24, 2.45) is 0 Å². The molecule has 0 saturated heterocycles. The van der Waals surface area contributed by atoms with Gasteiger partial charge in [0.05, 0.1) is 19.2 Å². The van der Waals surface area contributed by atoms with Crippen LogP contribution in [0.1, 0.15) is 5.69 Å². The fourth-order valence-electron chi connectivity index (χ4n) is 1.98. The SMILES string of the molecule is COc1ccc(-c2cc(CC(=O)Nc3ncccn3)no2)cc1. The molecule has 0 bridgehead atoms. The molecule has 2 heterocycles. The second-order valence-corrected chi connectivity index (χ2v) is 4.71. The lowest BCUT2D eigenvalue weighted by Gasteiger charge is -2.00. The van der Waals surface area contributed by atoms with Gasteiger partial charge in [0.1, 0.15) is 5.75 Å². The van der Waals surface area contributed by atoms with E-state index in [1.165, 1.54) is 0 Å². The molecule has 1 N–H and O–H groups in total. The standard InChI is InChI=1S/C16H14N4O3/c1-22-13-5-3-11(4-6-13)14-9-12(20-23-14)10-15(21)19-16-17-7-2-8-18-16/h2-9H,10H2,1H3,(H,17,18,19,21). The Bertz CT molecular complexity index is 785. The monoisotopic (exact) mass is 310 g/mol. The van der Waals surface area contributed by atoms with Gasteiger partial charge in [0.15, 0.2) is 5.76 Å². The summed E-state index contributed by atoms with van der Waals surface area (Å²) in [6, 6.07) is 10.8. The molecule has 0 aliphatic rings. The number of hydrogen-bond acceptors (Lipinski definition) is 6. The first kappa shape index (κ1) is 14.7. The number of nitrogens with one attached hydrogen (secondary N) is 1. The Balaban J connectivity index is 1.65. The summed E-state index contributed by atoms with van der Waals surface area (Å²) >= 11 is 0. The lowest BCUT2D eigenvalue weighted by Crippen LogP contribution is -2.16. The third-order valence-corrected chi connectivity index (χ3v) is 3.09. The molecule has 3 rings (SSSR count). The number of nitrogens with zero attached hydrogens (tertiary/aromatic N) is 3. The lowest BCUT2D eigenvalue weighted by molar-refractivity contribution is -0.115. The largest absolute Gasteiger partial charge is 0.497 e. The van der Waals surface area contributed by atoms with Crippen LogP contribution in [0, 0.1) is 0 Å². The van der Waals surface area contributed by atoms with Crippen molar-refractivity contribution in [2.75, 3.05) is 12.4 Å². The Morgan fingerprint density at radius 3 is 2.65 bits per heavy atom. The summed E-state index contributed by atoms with van der Waals surface area (Å²) in [5, 5.41) is 6.50. The highest BCUT2D eigenvalue weighted by Crippen LogP contribution is 2.23. The van der Waals surface area contributed by atoms with E-state index in [1.54, 1.807) is 31.6 Å². The first-order chi connectivity index (χ1) is 11.2. The maximum Gasteiger partial charge on any atom is 0.232 e. The van der Waals surface area contributed by atoms with Gasteiger partial charge >= 0.3 is 0 Å². The summed E-state index contributed by atoms with van der Waals surface area (Å²) in [4.78, 5) is 19.8. The van der Waals surface area contributed by atoms with Crippen LogP contribution in [0.3, 0.4) is 0 Å². The molecule has 0 aliphatic carbocycles. The van der Waals surface area contributed by atoms with Crippen molar-refractivity contribution in [2.45, 2.75) is 6.42 Å². The van der Waals surface area contributed by atoms with E-state index < -0.39 is 0 Å². The Morgan fingerprint density at radius 1 is 1.22 bits per heavy atom. The van der Waals surface area contributed by atoms with Crippen LogP contribution in [-0.2, 0) is 11.2 Å². The molecule has 23 heavy (non-hydrogen) atoms. The van der Waals surface area contributed by atoms with Gasteiger partial charge in [-0.05, 0) is 30.3 Å². The Morgan fingerprint density at radius 2 is 1.96 bits per heavy atom. The van der Waals surface area contributed by atoms with Gasteiger partial charge in [-0.1, -0.05) is 5.16 Å². The molecular weight excluding hydrogens is 296 g/mol. The van der Waals surface area contributed by atoms with Crippen molar-refractivity contribution in [3.05, 3.63) is 54.5 Å². The van der Waals surface area contributed by atoms with E-state index in [0.717, 1.165) is 11.3 Å². The fourth-order valence-corrected chi connectivity index (χ4v) is 1.98. The number of hydrogen-bond donors (Lipinski definition) is 1. The van der Waals surface area contributed by atoms with Crippen LogP contribution in [0.4, 0.5) is 5.95 Å². The third kappa shape index (κ3) is 3.70. The molecule has 1 aromatic carbocycles. The van der Waals surface area contributed by atoms with Crippen LogP contribution in [0.5, 0.6) is 5.75 Å². The van der Waals surface area contributed by atoms with E-state index in [0.29, 0.717) is 11.5 Å². The van der Waals surface area contributed by atoms with Gasteiger partial charge in [0, 0.05) is 24.0 Å². The average molecular weight is 310 g/mol. The normalized spacial score (nSPS) is 10.3. The molecule has 0 fully saturated rings. The molecule has 0 unspecified atom stereocenters. The van der Waals surface area contributed by atoms with E-state index in [1.807, 2.05) is 24.3 Å². The second-order valence-electron chi connectivity index (χ2n) is 4.71. The number of amides is 1. The number of carbonyl (C=O) groups excluding carboxylic acids is 1. The summed E-state index contributed by atoms with van der Waals surface area (Å²) in [7, 11) is 1.61. The molecule has 0 aliphatic heterocycles. The van der Waals surface area contributed by atoms with Crippen molar-refractivity contribution in [3.63, 3.8) is 0 Å². The minimum Gasteiger partial charge on any atom is -0.497 e. The molecule has 7 heteroatoms.